The van der Waals surface area contributed by atoms with E-state index in [0.29, 0.717) is 17.0 Å². The molecule has 1 N–H and O–H groups in total. The average molecular weight is 337 g/mol. The summed E-state index contributed by atoms with van der Waals surface area (Å²) in [5.41, 5.74) is 1.40. The van der Waals surface area contributed by atoms with Crippen molar-refractivity contribution in [3.63, 3.8) is 0 Å². The summed E-state index contributed by atoms with van der Waals surface area (Å²) in [4.78, 5) is 0. The van der Waals surface area contributed by atoms with Crippen LogP contribution in [0.25, 0.3) is 5.70 Å². The van der Waals surface area contributed by atoms with E-state index in [0.717, 1.165) is 44.2 Å². The fourth-order valence-electron chi connectivity index (χ4n) is 3.34. The molecule has 0 aliphatic heterocycles. The van der Waals surface area contributed by atoms with Gasteiger partial charge in [-0.3, -0.25) is 0 Å². The van der Waals surface area contributed by atoms with Gasteiger partial charge in [-0.1, -0.05) is 46.6 Å². The highest BCUT2D eigenvalue weighted by atomic mass is 19.1. The van der Waals surface area contributed by atoms with Gasteiger partial charge in [-0.25, -0.2) is 8.78 Å². The summed E-state index contributed by atoms with van der Waals surface area (Å²) in [6, 6.07) is 2.89. The van der Waals surface area contributed by atoms with Crippen molar-refractivity contribution in [2.45, 2.75) is 79.2 Å². The van der Waals surface area contributed by atoms with E-state index in [1.54, 1.807) is 6.92 Å². The van der Waals surface area contributed by atoms with Crippen LogP contribution in [0.3, 0.4) is 0 Å². The highest BCUT2D eigenvalue weighted by Crippen LogP contribution is 2.26. The predicted molar refractivity (Wildman–Crippen MR) is 99.9 cm³/mol. The second kappa shape index (κ2) is 10.5. The molecule has 0 bridgehead atoms. The van der Waals surface area contributed by atoms with Crippen LogP contribution in [-0.2, 0) is 0 Å². The molecular weight excluding hydrogens is 304 g/mol. The molecule has 1 aromatic carbocycles. The van der Waals surface area contributed by atoms with Crippen molar-refractivity contribution < 1.29 is 8.78 Å². The Hall–Kier alpha value is -1.38. The number of halogens is 2. The first kappa shape index (κ1) is 20.7. The molecular formula is C21H33F2N. The molecule has 0 aliphatic carbocycles. The third-order valence-corrected chi connectivity index (χ3v) is 4.62. The topological polar surface area (TPSA) is 12.0 Å². The Balaban J connectivity index is 3.12. The van der Waals surface area contributed by atoms with Gasteiger partial charge >= 0.3 is 0 Å². The van der Waals surface area contributed by atoms with E-state index in [1.165, 1.54) is 12.1 Å². The van der Waals surface area contributed by atoms with Crippen LogP contribution in [0.1, 0.15) is 77.3 Å². The summed E-state index contributed by atoms with van der Waals surface area (Å²) in [5, 5.41) is 3.53. The van der Waals surface area contributed by atoms with Crippen molar-refractivity contribution in [3.05, 3.63) is 41.0 Å². The molecule has 1 atom stereocenters. The molecule has 3 heteroatoms. The number of rotatable bonds is 10. The van der Waals surface area contributed by atoms with E-state index in [1.807, 2.05) is 13.0 Å². The molecule has 136 valence electrons. The van der Waals surface area contributed by atoms with E-state index in [9.17, 15) is 8.78 Å². The number of hydrogen-bond donors (Lipinski definition) is 1. The summed E-state index contributed by atoms with van der Waals surface area (Å²) in [6.07, 6.45) is 8.31. The molecule has 1 rings (SSSR count). The van der Waals surface area contributed by atoms with Gasteiger partial charge in [0.15, 0.2) is 0 Å². The summed E-state index contributed by atoms with van der Waals surface area (Å²) >= 11 is 0. The van der Waals surface area contributed by atoms with Crippen LogP contribution in [-0.4, -0.2) is 6.04 Å². The maximum Gasteiger partial charge on any atom is 0.132 e. The first-order chi connectivity index (χ1) is 11.5. The van der Waals surface area contributed by atoms with Crippen molar-refractivity contribution in [1.29, 1.82) is 0 Å². The van der Waals surface area contributed by atoms with Crippen molar-refractivity contribution in [1.82, 2.24) is 5.32 Å². The number of aryl methyl sites for hydroxylation is 1. The minimum absolute atomic E-state index is 0.284. The van der Waals surface area contributed by atoms with Gasteiger partial charge in [-0.15, -0.1) is 0 Å². The van der Waals surface area contributed by atoms with E-state index >= 15 is 0 Å². The van der Waals surface area contributed by atoms with Crippen molar-refractivity contribution in [2.75, 3.05) is 0 Å². The molecule has 0 aliphatic rings. The van der Waals surface area contributed by atoms with E-state index in [4.69, 9.17) is 0 Å². The minimum atomic E-state index is -0.363. The van der Waals surface area contributed by atoms with Crippen molar-refractivity contribution in [3.8, 4) is 0 Å². The highest BCUT2D eigenvalue weighted by Gasteiger charge is 2.21. The lowest BCUT2D eigenvalue weighted by Crippen LogP contribution is -2.35. The van der Waals surface area contributed by atoms with Crippen LogP contribution >= 0.6 is 0 Å². The summed E-state index contributed by atoms with van der Waals surface area (Å²) in [5.74, 6) is -0.163. The smallest absolute Gasteiger partial charge is 0.132 e. The Morgan fingerprint density at radius 1 is 1.04 bits per heavy atom. The molecule has 0 aromatic heterocycles. The molecule has 0 spiro atoms. The largest absolute Gasteiger partial charge is 0.382 e. The quantitative estimate of drug-likeness (QED) is 0.506. The molecule has 0 fully saturated rings. The molecule has 0 saturated carbocycles. The third-order valence-electron chi connectivity index (χ3n) is 4.62. The van der Waals surface area contributed by atoms with Gasteiger partial charge in [-0.05, 0) is 56.2 Å². The maximum absolute atomic E-state index is 14.4. The van der Waals surface area contributed by atoms with Gasteiger partial charge in [-0.2, -0.15) is 0 Å². The zero-order chi connectivity index (χ0) is 18.1. The van der Waals surface area contributed by atoms with E-state index < -0.39 is 0 Å². The minimum Gasteiger partial charge on any atom is -0.382 e. The fraction of sp³-hybridized carbons (Fsp3) is 0.619. The normalized spacial score (nSPS) is 13.4. The monoisotopic (exact) mass is 337 g/mol. The number of hydrogen-bond acceptors (Lipinski definition) is 1. The molecule has 0 saturated heterocycles. The second-order valence-electron chi connectivity index (χ2n) is 6.60. The standard InChI is InChI=1S/C21H33F2N/c1-6-10-16(11-7-2)20(9-4)24-21(12-8-3)17-14-18(22)15(5)13-19(17)23/h12-14,16,20,24H,6-11H2,1-5H3/b21-12-. The highest BCUT2D eigenvalue weighted by molar-refractivity contribution is 5.65. The van der Waals surface area contributed by atoms with Crippen molar-refractivity contribution in [2.24, 2.45) is 5.92 Å². The van der Waals surface area contributed by atoms with Crippen LogP contribution in [0, 0.1) is 24.5 Å². The van der Waals surface area contributed by atoms with Crippen molar-refractivity contribution >= 4 is 5.70 Å². The van der Waals surface area contributed by atoms with E-state index in [2.05, 4.69) is 26.1 Å². The molecule has 24 heavy (non-hydrogen) atoms. The number of nitrogens with one attached hydrogen (secondary N) is 1. The Labute approximate surface area is 146 Å². The molecule has 0 radical (unpaired) electrons. The van der Waals surface area contributed by atoms with E-state index in [-0.39, 0.29) is 17.7 Å². The van der Waals surface area contributed by atoms with Gasteiger partial charge in [0, 0.05) is 17.3 Å². The first-order valence-corrected chi connectivity index (χ1v) is 9.40. The van der Waals surface area contributed by atoms with Crippen LogP contribution in [0.15, 0.2) is 18.2 Å². The summed E-state index contributed by atoms with van der Waals surface area (Å²) in [6.45, 7) is 10.2. The van der Waals surface area contributed by atoms with Gasteiger partial charge < -0.3 is 5.32 Å². The third kappa shape index (κ3) is 5.61. The molecule has 1 nitrogen and oxygen atoms in total. The SMILES string of the molecule is CC/C=C(\NC(CC)C(CCC)CCC)c1cc(F)c(C)cc1F. The Morgan fingerprint density at radius 3 is 2.17 bits per heavy atom. The first-order valence-electron chi connectivity index (χ1n) is 9.40. The lowest BCUT2D eigenvalue weighted by Gasteiger charge is -2.29. The zero-order valence-electron chi connectivity index (χ0n) is 15.9. The van der Waals surface area contributed by atoms with Crippen LogP contribution in [0.2, 0.25) is 0 Å². The molecule has 0 amide bonds. The maximum atomic E-state index is 14.4. The summed E-state index contributed by atoms with van der Waals surface area (Å²) < 4.78 is 28.4. The zero-order valence-corrected chi connectivity index (χ0v) is 15.9. The van der Waals surface area contributed by atoms with Gasteiger partial charge in [0.05, 0.1) is 0 Å². The second-order valence-corrected chi connectivity index (χ2v) is 6.60. The lowest BCUT2D eigenvalue weighted by atomic mass is 9.88. The molecule has 1 unspecified atom stereocenters. The van der Waals surface area contributed by atoms with Gasteiger partial charge in [0.1, 0.15) is 11.6 Å². The van der Waals surface area contributed by atoms with Crippen LogP contribution < -0.4 is 5.32 Å². The number of benzene rings is 1. The predicted octanol–water partition coefficient (Wildman–Crippen LogP) is 6.61. The van der Waals surface area contributed by atoms with Crippen LogP contribution in [0.4, 0.5) is 8.78 Å². The van der Waals surface area contributed by atoms with Gasteiger partial charge in [0.2, 0.25) is 0 Å². The Bertz CT molecular complexity index is 531. The van der Waals surface area contributed by atoms with Gasteiger partial charge in [0.25, 0.3) is 0 Å². The molecule has 0 heterocycles. The van der Waals surface area contributed by atoms with Crippen LogP contribution in [0.5, 0.6) is 0 Å². The summed E-state index contributed by atoms with van der Waals surface area (Å²) in [7, 11) is 0. The molecule has 1 aromatic rings. The lowest BCUT2D eigenvalue weighted by molar-refractivity contribution is 0.328. The number of allylic oxidation sites excluding steroid dienone is 1. The average Bonchev–Trinajstić information content (AvgIpc) is 2.55. The Kier molecular flexibility index (Phi) is 9.02. The fourth-order valence-corrected chi connectivity index (χ4v) is 3.34. The Morgan fingerprint density at radius 2 is 1.67 bits per heavy atom.